The summed E-state index contributed by atoms with van der Waals surface area (Å²) in [6, 6.07) is 7.43. The van der Waals surface area contributed by atoms with Crippen LogP contribution in [0, 0.1) is 6.57 Å². The molecule has 9 heteroatoms. The average molecular weight is 419 g/mol. The summed E-state index contributed by atoms with van der Waals surface area (Å²) < 4.78 is 50.6. The Morgan fingerprint density at radius 1 is 1.10 bits per heavy atom. The van der Waals surface area contributed by atoms with Crippen molar-refractivity contribution in [2.45, 2.75) is 12.6 Å². The fourth-order valence-corrected chi connectivity index (χ4v) is 3.40. The maximum Gasteiger partial charge on any atom is 0.418 e. The lowest BCUT2D eigenvalue weighted by molar-refractivity contribution is -0.138. The summed E-state index contributed by atoms with van der Waals surface area (Å²) in [5, 5.41) is -0.240. The van der Waals surface area contributed by atoms with Crippen molar-refractivity contribution in [1.82, 2.24) is 0 Å². The number of hydrogen-bond donors (Lipinski definition) is 0. The van der Waals surface area contributed by atoms with E-state index in [2.05, 4.69) is 4.85 Å². The molecule has 1 fully saturated rings. The minimum absolute atomic E-state index is 0.0252. The highest BCUT2D eigenvalue weighted by Crippen LogP contribution is 2.42. The Bertz CT molecular complexity index is 1070. The molecule has 0 aromatic heterocycles. The Labute approximate surface area is 167 Å². The number of hydrogen-bond acceptors (Lipinski definition) is 5. The number of halogens is 3. The topological polar surface area (TPSA) is 57.0 Å². The molecule has 0 atom stereocenters. The van der Waals surface area contributed by atoms with Crippen molar-refractivity contribution in [2.24, 2.45) is 0 Å². The number of carbonyl (C=O) groups is 2. The number of benzene rings is 2. The predicted octanol–water partition coefficient (Wildman–Crippen LogP) is 5.63. The van der Waals surface area contributed by atoms with E-state index < -0.39 is 17.5 Å². The third kappa shape index (κ3) is 4.60. The highest BCUT2D eigenvalue weighted by molar-refractivity contribution is 8.18. The molecule has 1 saturated heterocycles. The number of Topliss-reactive ketones (excluding diaryl/α,β-unsaturated/α-hetero) is 1. The fraction of sp³-hybridized carbons (Fsp3) is 0.150. The van der Waals surface area contributed by atoms with Crippen molar-refractivity contribution in [1.29, 1.82) is 0 Å². The van der Waals surface area contributed by atoms with Crippen LogP contribution in [0.4, 0.5) is 18.9 Å². The van der Waals surface area contributed by atoms with E-state index in [9.17, 15) is 22.8 Å². The highest BCUT2D eigenvalue weighted by Gasteiger charge is 2.35. The zero-order valence-electron chi connectivity index (χ0n) is 14.9. The second-order valence-electron chi connectivity index (χ2n) is 5.88. The van der Waals surface area contributed by atoms with Crippen LogP contribution in [0.1, 0.15) is 17.5 Å². The van der Waals surface area contributed by atoms with E-state index in [0.29, 0.717) is 16.5 Å². The smallest absolute Gasteiger partial charge is 0.418 e. The maximum atomic E-state index is 13.3. The number of ketones is 1. The molecule has 1 aliphatic rings. The van der Waals surface area contributed by atoms with Crippen molar-refractivity contribution in [3.8, 4) is 17.2 Å². The molecule has 5 nitrogen and oxygen atoms in total. The van der Waals surface area contributed by atoms with Gasteiger partial charge in [-0.1, -0.05) is 12.1 Å². The van der Waals surface area contributed by atoms with E-state index in [4.69, 9.17) is 16.0 Å². The van der Waals surface area contributed by atoms with Crippen LogP contribution >= 0.6 is 11.8 Å². The monoisotopic (exact) mass is 419 g/mol. The van der Waals surface area contributed by atoms with Gasteiger partial charge in [-0.15, -0.1) is 0 Å². The van der Waals surface area contributed by atoms with Gasteiger partial charge < -0.3 is 9.47 Å². The van der Waals surface area contributed by atoms with E-state index in [-0.39, 0.29) is 34.5 Å². The second-order valence-corrected chi connectivity index (χ2v) is 6.98. The third-order valence-corrected chi connectivity index (χ3v) is 4.84. The normalized spacial score (nSPS) is 15.5. The number of rotatable bonds is 4. The number of allylic oxidation sites excluding steroid dienone is 1. The Hall–Kier alpha value is -3.25. The average Bonchev–Trinajstić information content (AvgIpc) is 2.99. The van der Waals surface area contributed by atoms with Gasteiger partial charge in [0.05, 0.1) is 30.6 Å². The first kappa shape index (κ1) is 20.5. The van der Waals surface area contributed by atoms with E-state index in [1.807, 2.05) is 0 Å². The third-order valence-electron chi connectivity index (χ3n) is 3.91. The molecule has 0 spiro atoms. The second kappa shape index (κ2) is 8.01. The van der Waals surface area contributed by atoms with Gasteiger partial charge in [0.25, 0.3) is 0 Å². The van der Waals surface area contributed by atoms with Crippen LogP contribution in [0.3, 0.4) is 0 Å². The van der Waals surface area contributed by atoms with Gasteiger partial charge in [-0.25, -0.2) is 4.85 Å². The van der Waals surface area contributed by atoms with Gasteiger partial charge in [0.1, 0.15) is 5.75 Å². The lowest BCUT2D eigenvalue weighted by atomic mass is 10.1. The summed E-state index contributed by atoms with van der Waals surface area (Å²) in [7, 11) is 1.32. The molecule has 0 aliphatic carbocycles. The lowest BCUT2D eigenvalue weighted by Crippen LogP contribution is -2.07. The van der Waals surface area contributed by atoms with Gasteiger partial charge in [0.15, 0.2) is 23.0 Å². The van der Waals surface area contributed by atoms with Gasteiger partial charge in [0, 0.05) is 0 Å². The van der Waals surface area contributed by atoms with Crippen LogP contribution in [0.25, 0.3) is 10.9 Å². The van der Waals surface area contributed by atoms with Crippen LogP contribution in [-0.2, 0) is 15.8 Å². The summed E-state index contributed by atoms with van der Waals surface area (Å²) >= 11 is 0.848. The minimum atomic E-state index is -4.71. The zero-order valence-corrected chi connectivity index (χ0v) is 15.7. The summed E-state index contributed by atoms with van der Waals surface area (Å²) in [4.78, 5) is 26.4. The van der Waals surface area contributed by atoms with Crippen LogP contribution < -0.4 is 9.47 Å². The molecule has 0 radical (unpaired) electrons. The SMILES string of the molecule is [C-]#[N+]c1ccc(Oc2ccc(/C=C3\SC(=O)CC3=O)cc2OC)c(C(F)(F)F)c1. The summed E-state index contributed by atoms with van der Waals surface area (Å²) in [6.07, 6.45) is -3.36. The van der Waals surface area contributed by atoms with Crippen molar-refractivity contribution in [3.05, 3.63) is 63.8 Å². The first-order valence-electron chi connectivity index (χ1n) is 8.11. The highest BCUT2D eigenvalue weighted by atomic mass is 32.2. The molecule has 0 bridgehead atoms. The predicted molar refractivity (Wildman–Crippen MR) is 101 cm³/mol. The number of ether oxygens (including phenoxy) is 2. The Balaban J connectivity index is 1.95. The molecule has 0 amide bonds. The zero-order chi connectivity index (χ0) is 21.2. The van der Waals surface area contributed by atoms with Crippen LogP contribution in [0.5, 0.6) is 17.2 Å². The summed E-state index contributed by atoms with van der Waals surface area (Å²) in [6.45, 7) is 6.89. The summed E-state index contributed by atoms with van der Waals surface area (Å²) in [5.74, 6) is -0.587. The van der Waals surface area contributed by atoms with Crippen LogP contribution in [0.2, 0.25) is 0 Å². The number of carbonyl (C=O) groups excluding carboxylic acids is 2. The van der Waals surface area contributed by atoms with Crippen LogP contribution in [0.15, 0.2) is 41.3 Å². The van der Waals surface area contributed by atoms with Crippen molar-refractivity contribution in [3.63, 3.8) is 0 Å². The largest absolute Gasteiger partial charge is 0.493 e. The van der Waals surface area contributed by atoms with Gasteiger partial charge in [-0.3, -0.25) is 9.59 Å². The molecule has 29 heavy (non-hydrogen) atoms. The van der Waals surface area contributed by atoms with Gasteiger partial charge in [0.2, 0.25) is 5.12 Å². The molecular formula is C20H12F3NO4S. The fourth-order valence-electron chi connectivity index (χ4n) is 2.57. The molecule has 0 N–H and O–H groups in total. The molecule has 2 aromatic carbocycles. The number of thioether (sulfide) groups is 1. The van der Waals surface area contributed by atoms with E-state index in [0.717, 1.165) is 17.8 Å². The molecule has 1 heterocycles. The molecule has 2 aromatic rings. The van der Waals surface area contributed by atoms with Crippen molar-refractivity contribution in [2.75, 3.05) is 7.11 Å². The molecule has 0 unspecified atom stereocenters. The minimum Gasteiger partial charge on any atom is -0.493 e. The summed E-state index contributed by atoms with van der Waals surface area (Å²) in [5.41, 5.74) is -0.711. The lowest BCUT2D eigenvalue weighted by Gasteiger charge is -2.16. The maximum absolute atomic E-state index is 13.3. The van der Waals surface area contributed by atoms with Crippen molar-refractivity contribution >= 4 is 34.4 Å². The van der Waals surface area contributed by atoms with Gasteiger partial charge >= 0.3 is 6.18 Å². The number of methoxy groups -OCH3 is 1. The Morgan fingerprint density at radius 2 is 1.83 bits per heavy atom. The molecule has 0 saturated carbocycles. The first-order valence-corrected chi connectivity index (χ1v) is 8.93. The van der Waals surface area contributed by atoms with E-state index in [1.165, 1.54) is 37.5 Å². The standard InChI is InChI=1S/C20H12F3NO4S/c1-24-12-4-6-15(13(9-12)20(21,22)23)28-16-5-3-11(7-17(16)27-2)8-18-14(25)10-19(26)29-18/h3-9H,10H2,2H3/b18-8-. The quantitative estimate of drug-likeness (QED) is 0.365. The number of nitrogens with zero attached hydrogens (tertiary/aromatic N) is 1. The Kier molecular flexibility index (Phi) is 5.66. The van der Waals surface area contributed by atoms with Gasteiger partial charge in [-0.2, -0.15) is 13.2 Å². The molecule has 3 rings (SSSR count). The van der Waals surface area contributed by atoms with E-state index >= 15 is 0 Å². The van der Waals surface area contributed by atoms with Gasteiger partial charge in [-0.05, 0) is 47.7 Å². The van der Waals surface area contributed by atoms with Crippen LogP contribution in [-0.4, -0.2) is 18.0 Å². The Morgan fingerprint density at radius 3 is 2.41 bits per heavy atom. The van der Waals surface area contributed by atoms with E-state index in [1.54, 1.807) is 0 Å². The number of alkyl halides is 3. The molecule has 1 aliphatic heterocycles. The molecular weight excluding hydrogens is 407 g/mol. The first-order chi connectivity index (χ1) is 13.7. The molecule has 148 valence electrons. The van der Waals surface area contributed by atoms with Crippen molar-refractivity contribution < 1.29 is 32.2 Å².